The quantitative estimate of drug-likeness (QED) is 0.579. The van der Waals surface area contributed by atoms with E-state index in [2.05, 4.69) is 10.0 Å². The Morgan fingerprint density at radius 1 is 1.12 bits per heavy atom. The van der Waals surface area contributed by atoms with Crippen LogP contribution in [-0.4, -0.2) is 25.8 Å². The van der Waals surface area contributed by atoms with Crippen LogP contribution in [0.5, 0.6) is 0 Å². The van der Waals surface area contributed by atoms with E-state index in [9.17, 15) is 23.3 Å². The lowest BCUT2D eigenvalue weighted by atomic mass is 10.1. The lowest BCUT2D eigenvalue weighted by Gasteiger charge is -2.08. The molecule has 0 radical (unpaired) electrons. The number of nitro benzene ring substituents is 1. The molecular formula is C16H17N3O5S. The standard InChI is InChI=1S/C16H17N3O5S/c1-2-11-17-25(23,24)13-9-7-12(8-10-13)18-16(20)14-5-3-4-6-15(14)19(21)22/h3-10,17H,2,11H2,1H3,(H,18,20). The average molecular weight is 363 g/mol. The fraction of sp³-hybridized carbons (Fsp3) is 0.188. The van der Waals surface area contributed by atoms with Gasteiger partial charge in [-0.25, -0.2) is 13.1 Å². The largest absolute Gasteiger partial charge is 0.322 e. The van der Waals surface area contributed by atoms with E-state index in [4.69, 9.17) is 0 Å². The molecule has 0 spiro atoms. The number of anilines is 1. The molecule has 1 amide bonds. The molecule has 8 nitrogen and oxygen atoms in total. The summed E-state index contributed by atoms with van der Waals surface area (Å²) in [5.74, 6) is -0.646. The third kappa shape index (κ3) is 4.61. The molecule has 0 aliphatic carbocycles. The number of benzene rings is 2. The third-order valence-electron chi connectivity index (χ3n) is 3.31. The number of nitrogens with zero attached hydrogens (tertiary/aromatic N) is 1. The summed E-state index contributed by atoms with van der Waals surface area (Å²) < 4.78 is 26.4. The van der Waals surface area contributed by atoms with E-state index in [-0.39, 0.29) is 16.1 Å². The maximum absolute atomic E-state index is 12.2. The van der Waals surface area contributed by atoms with Crippen LogP contribution in [0.25, 0.3) is 0 Å². The van der Waals surface area contributed by atoms with Crippen molar-refractivity contribution in [3.8, 4) is 0 Å². The number of carbonyl (C=O) groups is 1. The molecule has 2 aromatic carbocycles. The first-order valence-electron chi connectivity index (χ1n) is 7.49. The molecule has 0 atom stereocenters. The zero-order valence-electron chi connectivity index (χ0n) is 13.4. The highest BCUT2D eigenvalue weighted by molar-refractivity contribution is 7.89. The molecule has 0 aliphatic rings. The summed E-state index contributed by atoms with van der Waals surface area (Å²) in [4.78, 5) is 22.6. The van der Waals surface area contributed by atoms with E-state index in [0.717, 1.165) is 0 Å². The van der Waals surface area contributed by atoms with Gasteiger partial charge >= 0.3 is 0 Å². The molecule has 2 rings (SSSR count). The van der Waals surface area contributed by atoms with Gasteiger partial charge in [0, 0.05) is 18.3 Å². The summed E-state index contributed by atoms with van der Waals surface area (Å²) in [6.45, 7) is 2.18. The van der Waals surface area contributed by atoms with E-state index in [1.165, 1.54) is 48.5 Å². The van der Waals surface area contributed by atoms with Crippen LogP contribution in [0, 0.1) is 10.1 Å². The molecule has 0 aromatic heterocycles. The Morgan fingerprint density at radius 2 is 1.76 bits per heavy atom. The maximum Gasteiger partial charge on any atom is 0.282 e. The molecule has 0 heterocycles. The minimum absolute atomic E-state index is 0.0737. The van der Waals surface area contributed by atoms with Gasteiger partial charge in [-0.3, -0.25) is 14.9 Å². The molecule has 2 aromatic rings. The van der Waals surface area contributed by atoms with E-state index in [0.29, 0.717) is 18.7 Å². The smallest absolute Gasteiger partial charge is 0.282 e. The highest BCUT2D eigenvalue weighted by Crippen LogP contribution is 2.20. The van der Waals surface area contributed by atoms with Gasteiger partial charge in [0.05, 0.1) is 9.82 Å². The van der Waals surface area contributed by atoms with E-state index in [1.54, 1.807) is 0 Å². The van der Waals surface area contributed by atoms with Crippen molar-refractivity contribution in [2.45, 2.75) is 18.2 Å². The van der Waals surface area contributed by atoms with Crippen molar-refractivity contribution >= 4 is 27.3 Å². The monoisotopic (exact) mass is 363 g/mol. The summed E-state index contributed by atoms with van der Waals surface area (Å²) >= 11 is 0. The van der Waals surface area contributed by atoms with Gasteiger partial charge in [0.2, 0.25) is 10.0 Å². The van der Waals surface area contributed by atoms with Gasteiger partial charge in [-0.1, -0.05) is 19.1 Å². The predicted octanol–water partition coefficient (Wildman–Crippen LogP) is 2.54. The van der Waals surface area contributed by atoms with Crippen LogP contribution < -0.4 is 10.0 Å². The van der Waals surface area contributed by atoms with Crippen molar-refractivity contribution in [3.63, 3.8) is 0 Å². The van der Waals surface area contributed by atoms with E-state index >= 15 is 0 Å². The van der Waals surface area contributed by atoms with Crippen LogP contribution >= 0.6 is 0 Å². The molecule has 9 heteroatoms. The van der Waals surface area contributed by atoms with Gasteiger partial charge < -0.3 is 5.32 Å². The first-order chi connectivity index (χ1) is 11.8. The van der Waals surface area contributed by atoms with E-state index < -0.39 is 20.9 Å². The molecule has 2 N–H and O–H groups in total. The molecule has 0 bridgehead atoms. The average Bonchev–Trinajstić information content (AvgIpc) is 2.60. The highest BCUT2D eigenvalue weighted by Gasteiger charge is 2.19. The summed E-state index contributed by atoms with van der Waals surface area (Å²) in [6.07, 6.45) is 0.670. The first-order valence-corrected chi connectivity index (χ1v) is 8.98. The predicted molar refractivity (Wildman–Crippen MR) is 93.0 cm³/mol. The fourth-order valence-electron chi connectivity index (χ4n) is 2.06. The van der Waals surface area contributed by atoms with Crippen LogP contribution in [0.3, 0.4) is 0 Å². The summed E-state index contributed by atoms with van der Waals surface area (Å²) in [5, 5.41) is 13.5. The second-order valence-corrected chi connectivity index (χ2v) is 6.92. The minimum atomic E-state index is -3.59. The lowest BCUT2D eigenvalue weighted by molar-refractivity contribution is -0.385. The number of rotatable bonds is 7. The van der Waals surface area contributed by atoms with Crippen LogP contribution in [0.4, 0.5) is 11.4 Å². The molecule has 25 heavy (non-hydrogen) atoms. The van der Waals surface area contributed by atoms with Crippen molar-refractivity contribution in [2.75, 3.05) is 11.9 Å². The van der Waals surface area contributed by atoms with Crippen LogP contribution in [0.15, 0.2) is 53.4 Å². The summed E-state index contributed by atoms with van der Waals surface area (Å²) in [7, 11) is -3.59. The lowest BCUT2D eigenvalue weighted by Crippen LogP contribution is -2.24. The molecule has 132 valence electrons. The number of sulfonamides is 1. The number of carbonyl (C=O) groups excluding carboxylic acids is 1. The Bertz CT molecular complexity index is 879. The fourth-order valence-corrected chi connectivity index (χ4v) is 3.19. The number of nitrogens with one attached hydrogen (secondary N) is 2. The van der Waals surface area contributed by atoms with Crippen molar-refractivity contribution in [1.29, 1.82) is 0 Å². The summed E-state index contributed by atoms with van der Waals surface area (Å²) in [5.41, 5.74) is -0.0469. The first kappa shape index (κ1) is 18.6. The normalized spacial score (nSPS) is 11.1. The molecule has 0 saturated heterocycles. The number of para-hydroxylation sites is 1. The molecule has 0 saturated carbocycles. The Morgan fingerprint density at radius 3 is 2.36 bits per heavy atom. The molecule has 0 fully saturated rings. The van der Waals surface area contributed by atoms with Crippen LogP contribution in [-0.2, 0) is 10.0 Å². The second kappa shape index (κ2) is 7.86. The minimum Gasteiger partial charge on any atom is -0.322 e. The van der Waals surface area contributed by atoms with Gasteiger partial charge in [-0.05, 0) is 36.8 Å². The van der Waals surface area contributed by atoms with Crippen molar-refractivity contribution in [3.05, 3.63) is 64.2 Å². The van der Waals surface area contributed by atoms with Gasteiger partial charge in [0.1, 0.15) is 5.56 Å². The van der Waals surface area contributed by atoms with Crippen molar-refractivity contribution in [1.82, 2.24) is 4.72 Å². The van der Waals surface area contributed by atoms with Crippen molar-refractivity contribution < 1.29 is 18.1 Å². The Hall–Kier alpha value is -2.78. The summed E-state index contributed by atoms with van der Waals surface area (Å²) in [6, 6.07) is 11.1. The second-order valence-electron chi connectivity index (χ2n) is 5.15. The third-order valence-corrected chi connectivity index (χ3v) is 4.79. The van der Waals surface area contributed by atoms with Crippen LogP contribution in [0.1, 0.15) is 23.7 Å². The molecular weight excluding hydrogens is 346 g/mol. The SMILES string of the molecule is CCCNS(=O)(=O)c1ccc(NC(=O)c2ccccc2[N+](=O)[O-])cc1. The Kier molecular flexibility index (Phi) is 5.84. The zero-order chi connectivity index (χ0) is 18.4. The number of amides is 1. The highest BCUT2D eigenvalue weighted by atomic mass is 32.2. The number of hydrogen-bond donors (Lipinski definition) is 2. The number of hydrogen-bond acceptors (Lipinski definition) is 5. The Balaban J connectivity index is 2.17. The molecule has 0 aliphatic heterocycles. The zero-order valence-corrected chi connectivity index (χ0v) is 14.2. The van der Waals surface area contributed by atoms with Gasteiger partial charge in [-0.15, -0.1) is 0 Å². The van der Waals surface area contributed by atoms with Gasteiger partial charge in [-0.2, -0.15) is 0 Å². The molecule has 0 unspecified atom stereocenters. The topological polar surface area (TPSA) is 118 Å². The maximum atomic E-state index is 12.2. The van der Waals surface area contributed by atoms with Gasteiger partial charge in [0.25, 0.3) is 11.6 Å². The van der Waals surface area contributed by atoms with Crippen LogP contribution in [0.2, 0.25) is 0 Å². The van der Waals surface area contributed by atoms with Crippen molar-refractivity contribution in [2.24, 2.45) is 0 Å². The number of nitro groups is 1. The van der Waals surface area contributed by atoms with Gasteiger partial charge in [0.15, 0.2) is 0 Å². The Labute approximate surface area is 145 Å². The van der Waals surface area contributed by atoms with E-state index in [1.807, 2.05) is 6.92 Å².